The van der Waals surface area contributed by atoms with Crippen LogP contribution in [-0.2, 0) is 0 Å². The first-order chi connectivity index (χ1) is 28.2. The van der Waals surface area contributed by atoms with Crippen LogP contribution in [0.15, 0.2) is 170 Å². The zero-order valence-corrected chi connectivity index (χ0v) is 30.3. The zero-order valence-electron chi connectivity index (χ0n) is 30.3. The van der Waals surface area contributed by atoms with E-state index in [2.05, 4.69) is 153 Å². The van der Waals surface area contributed by atoms with Gasteiger partial charge >= 0.3 is 0 Å². The number of rotatable bonds is 4. The Bertz CT molecular complexity index is 3490. The van der Waals surface area contributed by atoms with Crippen LogP contribution in [0.4, 0.5) is 0 Å². The molecule has 11 rings (SSSR count). The fraction of sp³-hybridized carbons (Fsp3) is 0. The van der Waals surface area contributed by atoms with Gasteiger partial charge in [-0.05, 0) is 90.5 Å². The second kappa shape index (κ2) is 12.3. The number of aromatic nitrogens is 3. The monoisotopic (exact) mass is 724 g/mol. The van der Waals surface area contributed by atoms with E-state index < -0.39 is 0 Å². The lowest BCUT2D eigenvalue weighted by Crippen LogP contribution is -2.01. The Morgan fingerprint density at radius 3 is 1.49 bits per heavy atom. The van der Waals surface area contributed by atoms with Gasteiger partial charge in [0.05, 0.1) is 73.3 Å². The Morgan fingerprint density at radius 1 is 0.368 bits per heavy atom. The van der Waals surface area contributed by atoms with E-state index in [1.807, 2.05) is 36.4 Å². The smallest absolute Gasteiger partial charge is 0.101 e. The van der Waals surface area contributed by atoms with Gasteiger partial charge < -0.3 is 13.7 Å². The largest absolute Gasteiger partial charge is 0.309 e. The number of fused-ring (bicyclic) bond motifs is 9. The quantitative estimate of drug-likeness (QED) is 0.181. The van der Waals surface area contributed by atoms with Crippen LogP contribution < -0.4 is 0 Å². The highest BCUT2D eigenvalue weighted by Crippen LogP contribution is 2.42. The van der Waals surface area contributed by atoms with Gasteiger partial charge in [0.1, 0.15) is 6.07 Å². The van der Waals surface area contributed by atoms with Gasteiger partial charge in [-0.1, -0.05) is 84.9 Å². The lowest BCUT2D eigenvalue weighted by atomic mass is 9.99. The summed E-state index contributed by atoms with van der Waals surface area (Å²) in [4.78, 5) is 0. The number of nitriles is 3. The van der Waals surface area contributed by atoms with Crippen molar-refractivity contribution in [1.82, 2.24) is 13.7 Å². The van der Waals surface area contributed by atoms with Crippen molar-refractivity contribution >= 4 is 65.4 Å². The van der Waals surface area contributed by atoms with Gasteiger partial charge in [0.2, 0.25) is 0 Å². The van der Waals surface area contributed by atoms with Crippen molar-refractivity contribution in [2.75, 3.05) is 0 Å². The third-order valence-electron chi connectivity index (χ3n) is 11.3. The minimum atomic E-state index is 0.518. The lowest BCUT2D eigenvalue weighted by molar-refractivity contribution is 1.16. The number of hydrogen-bond donors (Lipinski definition) is 0. The topological polar surface area (TPSA) is 86.2 Å². The Kier molecular flexibility index (Phi) is 6.95. The van der Waals surface area contributed by atoms with Gasteiger partial charge in [0.15, 0.2) is 0 Å². The van der Waals surface area contributed by atoms with Crippen molar-refractivity contribution in [3.63, 3.8) is 0 Å². The molecule has 0 unspecified atom stereocenters. The van der Waals surface area contributed by atoms with Crippen LogP contribution in [0, 0.1) is 34.0 Å². The van der Waals surface area contributed by atoms with E-state index >= 15 is 0 Å². The predicted molar refractivity (Wildman–Crippen MR) is 229 cm³/mol. The molecule has 57 heavy (non-hydrogen) atoms. The summed E-state index contributed by atoms with van der Waals surface area (Å²) < 4.78 is 6.83. The first-order valence-electron chi connectivity index (χ1n) is 18.7. The molecule has 0 aliphatic carbocycles. The fourth-order valence-electron chi connectivity index (χ4n) is 8.95. The molecule has 0 radical (unpaired) electrons. The van der Waals surface area contributed by atoms with Crippen LogP contribution in [0.2, 0.25) is 0 Å². The van der Waals surface area contributed by atoms with Gasteiger partial charge in [0, 0.05) is 43.6 Å². The summed E-state index contributed by atoms with van der Waals surface area (Å²) in [5.41, 5.74) is 12.6. The molecule has 0 amide bonds. The summed E-state index contributed by atoms with van der Waals surface area (Å²) in [6.45, 7) is 0. The summed E-state index contributed by atoms with van der Waals surface area (Å²) in [6.07, 6.45) is 0. The van der Waals surface area contributed by atoms with Crippen LogP contribution in [0.25, 0.3) is 93.6 Å². The van der Waals surface area contributed by atoms with Crippen molar-refractivity contribution in [2.45, 2.75) is 0 Å². The van der Waals surface area contributed by atoms with Crippen LogP contribution >= 0.6 is 0 Å². The molecule has 11 aromatic rings. The van der Waals surface area contributed by atoms with Crippen LogP contribution in [0.5, 0.6) is 0 Å². The molecule has 3 heterocycles. The summed E-state index contributed by atoms with van der Waals surface area (Å²) in [7, 11) is 0. The molecule has 0 bridgehead atoms. The van der Waals surface area contributed by atoms with Crippen molar-refractivity contribution in [3.05, 3.63) is 187 Å². The van der Waals surface area contributed by atoms with E-state index in [0.29, 0.717) is 16.7 Å². The first-order valence-corrected chi connectivity index (χ1v) is 18.7. The number of benzene rings is 8. The summed E-state index contributed by atoms with van der Waals surface area (Å²) in [6, 6.07) is 64.9. The van der Waals surface area contributed by atoms with E-state index in [9.17, 15) is 15.8 Å². The third-order valence-corrected chi connectivity index (χ3v) is 11.3. The van der Waals surface area contributed by atoms with E-state index in [1.54, 1.807) is 12.1 Å². The van der Waals surface area contributed by atoms with Crippen LogP contribution in [-0.4, -0.2) is 13.7 Å². The van der Waals surface area contributed by atoms with E-state index in [4.69, 9.17) is 0 Å². The summed E-state index contributed by atoms with van der Waals surface area (Å²) >= 11 is 0. The van der Waals surface area contributed by atoms with Crippen LogP contribution in [0.1, 0.15) is 16.7 Å². The normalized spacial score (nSPS) is 11.5. The molecule has 0 aliphatic rings. The van der Waals surface area contributed by atoms with Crippen LogP contribution in [0.3, 0.4) is 0 Å². The first kappa shape index (κ1) is 32.1. The molecule has 0 saturated heterocycles. The minimum absolute atomic E-state index is 0.518. The van der Waals surface area contributed by atoms with Gasteiger partial charge in [-0.25, -0.2) is 0 Å². The molecule has 0 saturated carbocycles. The molecule has 3 aromatic heterocycles. The standard InChI is InChI=1S/C51H28N6/c52-29-32-19-25-46-41(27-32)42-28-33(30-53)20-26-47(42)57(46)51-35(31-54)9-7-13-37(51)34-21-23-36(24-22-34)55-45-16-6-3-12-40(45)50-48(55)17-8-18-49(50)56-43-14-4-1-10-38(43)39-11-2-5-15-44(39)56/h1-28H. The second-order valence-corrected chi connectivity index (χ2v) is 14.3. The van der Waals surface area contributed by atoms with Crippen molar-refractivity contribution < 1.29 is 0 Å². The fourth-order valence-corrected chi connectivity index (χ4v) is 8.95. The molecular weight excluding hydrogens is 697 g/mol. The van der Waals surface area contributed by atoms with Crippen molar-refractivity contribution in [1.29, 1.82) is 15.8 Å². The molecule has 8 aromatic carbocycles. The Hall–Kier alpha value is -8.37. The van der Waals surface area contributed by atoms with Gasteiger partial charge in [-0.15, -0.1) is 0 Å². The summed E-state index contributed by atoms with van der Waals surface area (Å²) in [5.74, 6) is 0. The van der Waals surface area contributed by atoms with Crippen molar-refractivity contribution in [3.8, 4) is 46.4 Å². The highest BCUT2D eigenvalue weighted by molar-refractivity contribution is 6.16. The Morgan fingerprint density at radius 2 is 0.895 bits per heavy atom. The molecule has 262 valence electrons. The summed E-state index contributed by atoms with van der Waals surface area (Å²) in [5, 5.41) is 36.5. The van der Waals surface area contributed by atoms with Gasteiger partial charge in [-0.2, -0.15) is 15.8 Å². The molecule has 0 fully saturated rings. The highest BCUT2D eigenvalue weighted by atomic mass is 15.0. The molecule has 0 atom stereocenters. The molecule has 0 N–H and O–H groups in total. The maximum Gasteiger partial charge on any atom is 0.101 e. The van der Waals surface area contributed by atoms with Gasteiger partial charge in [-0.3, -0.25) is 0 Å². The van der Waals surface area contributed by atoms with E-state index in [1.165, 1.54) is 32.6 Å². The number of para-hydroxylation sites is 4. The van der Waals surface area contributed by atoms with Gasteiger partial charge in [0.25, 0.3) is 0 Å². The SMILES string of the molecule is N#Cc1ccc2c(c1)c1cc(C#N)ccc1n2-c1c(C#N)cccc1-c1ccc(-n2c3ccccc3c3c(-n4c5ccccc5c5ccccc54)cccc32)cc1. The molecule has 6 heteroatoms. The van der Waals surface area contributed by atoms with E-state index in [0.717, 1.165) is 61.0 Å². The van der Waals surface area contributed by atoms with E-state index in [-0.39, 0.29) is 0 Å². The predicted octanol–water partition coefficient (Wildman–Crippen LogP) is 12.3. The highest BCUT2D eigenvalue weighted by Gasteiger charge is 2.22. The average molecular weight is 725 g/mol. The zero-order chi connectivity index (χ0) is 38.2. The molecular formula is C51H28N6. The third kappa shape index (κ3) is 4.61. The number of hydrogen-bond acceptors (Lipinski definition) is 3. The maximum absolute atomic E-state index is 10.5. The van der Waals surface area contributed by atoms with Crippen molar-refractivity contribution in [2.24, 2.45) is 0 Å². The molecule has 6 nitrogen and oxygen atoms in total. The number of nitrogens with zero attached hydrogens (tertiary/aromatic N) is 6. The molecule has 0 spiro atoms. The maximum atomic E-state index is 10.5. The average Bonchev–Trinajstić information content (AvgIpc) is 3.91. The lowest BCUT2D eigenvalue weighted by Gasteiger charge is -2.16. The molecule has 0 aliphatic heterocycles. The minimum Gasteiger partial charge on any atom is -0.309 e. The Labute approximate surface area is 326 Å². The second-order valence-electron chi connectivity index (χ2n) is 14.3. The Balaban J connectivity index is 1.12.